The number of ether oxygens (including phenoxy) is 2. The number of imide groups is 1. The van der Waals surface area contributed by atoms with Crippen molar-refractivity contribution >= 4 is 75.4 Å². The number of carbonyl (C=O) groups excluding carboxylic acids is 8. The topological polar surface area (TPSA) is 307 Å². The van der Waals surface area contributed by atoms with Gasteiger partial charge in [0.15, 0.2) is 0 Å². The van der Waals surface area contributed by atoms with E-state index in [0.717, 1.165) is 29.8 Å². The molecule has 270 valence electrons. The predicted molar refractivity (Wildman–Crippen MR) is 163 cm³/mol. The van der Waals surface area contributed by atoms with Gasteiger partial charge in [0.05, 0.1) is 43.0 Å². The van der Waals surface area contributed by atoms with Gasteiger partial charge in [-0.05, 0) is 17.7 Å². The third-order valence-corrected chi connectivity index (χ3v) is 9.80. The van der Waals surface area contributed by atoms with Crippen molar-refractivity contribution < 1.29 is 126 Å². The molecule has 7 amide bonds. The van der Waals surface area contributed by atoms with Crippen LogP contribution < -0.4 is 91.0 Å². The normalized spacial score (nSPS) is 19.1. The summed E-state index contributed by atoms with van der Waals surface area (Å²) in [4.78, 5) is 100. The van der Waals surface area contributed by atoms with Crippen molar-refractivity contribution in [2.24, 2.45) is 5.73 Å². The fourth-order valence-corrected chi connectivity index (χ4v) is 6.99. The van der Waals surface area contributed by atoms with E-state index in [1.807, 2.05) is 0 Å². The second kappa shape index (κ2) is 18.6. The Hall–Kier alpha value is -3.42. The number of rotatable bonds is 12. The molecule has 3 aliphatic heterocycles. The van der Waals surface area contributed by atoms with E-state index in [2.05, 4.69) is 16.0 Å². The first kappa shape index (κ1) is 44.7. The number of β-lactam (4-membered cyclic amide) rings is 1. The maximum absolute atomic E-state index is 13.7. The number of hydrogen-bond donors (Lipinski definition) is 4. The number of benzene rings is 1. The monoisotopic (exact) mass is 785 g/mol. The molecule has 4 atom stereocenters. The number of anilines is 1. The zero-order chi connectivity index (χ0) is 37.1. The van der Waals surface area contributed by atoms with Crippen LogP contribution in [0.5, 0.6) is 0 Å². The predicted octanol–water partition coefficient (Wildman–Crippen LogP) is -10.3. The molecule has 3 heterocycles. The summed E-state index contributed by atoms with van der Waals surface area (Å²) in [6.45, 7) is -0.675. The average Bonchev–Trinajstić information content (AvgIpc) is 3.45. The molecule has 0 aromatic heterocycles. The quantitative estimate of drug-likeness (QED) is 0.0869. The number of carboxylic acids is 2. The van der Waals surface area contributed by atoms with E-state index in [0.29, 0.717) is 9.21 Å². The molecule has 1 aromatic rings. The van der Waals surface area contributed by atoms with Crippen molar-refractivity contribution in [3.63, 3.8) is 0 Å². The van der Waals surface area contributed by atoms with E-state index in [-0.39, 0.29) is 94.8 Å². The number of fused-ring (bicyclic) bond motifs is 1. The number of carbonyl (C=O) groups is 8. The summed E-state index contributed by atoms with van der Waals surface area (Å²) < 4.78 is 33.9. The fraction of sp³-hybridized carbons (Fsp3) is 0.407. The minimum absolute atomic E-state index is 0. The summed E-state index contributed by atoms with van der Waals surface area (Å²) >= 11 is 1.06. The van der Waals surface area contributed by atoms with Crippen molar-refractivity contribution in [1.29, 1.82) is 0 Å². The summed E-state index contributed by atoms with van der Waals surface area (Å²) in [5, 5.41) is 28.8. The molecule has 0 saturated carbocycles. The van der Waals surface area contributed by atoms with Crippen LogP contribution in [0, 0.1) is 0 Å². The molecule has 21 nitrogen and oxygen atoms in total. The summed E-state index contributed by atoms with van der Waals surface area (Å²) in [6, 6.07) is -1.78. The number of hydrogen-bond acceptors (Lipinski definition) is 16. The standard InChI is InChI=1S/C27H31N7O14S2.2Na/c1-12(35)47-9-14-11-49-22-18(21(37)34(22)19(14)24(40)41)30-20(36)17(31-25(42)32-7-8-33(27(32)44)50(2,45)46)13-3-5-15(6-4-13)29-26(43)48-10-16(28)23(38)39;;/h3-6,16-18,22H,7-11,28H2,1-2H3,(H,29,43)(H,30,36)(H,31,42)(H,38,39)(H,40,41);;/q;2*+1/p-2/t16-,17-,18-,22+;;/m1../s1. The number of urea groups is 2. The summed E-state index contributed by atoms with van der Waals surface area (Å²) in [7, 11) is -4.02. The van der Waals surface area contributed by atoms with Gasteiger partial charge in [0.25, 0.3) is 5.91 Å². The Kier molecular flexibility index (Phi) is 16.0. The van der Waals surface area contributed by atoms with Gasteiger partial charge < -0.3 is 45.6 Å². The molecule has 2 saturated heterocycles. The smallest absolute Gasteiger partial charge is 0.548 e. The second-order valence-corrected chi connectivity index (χ2v) is 13.9. The first-order valence-electron chi connectivity index (χ1n) is 14.3. The van der Waals surface area contributed by atoms with Crippen LogP contribution in [0.1, 0.15) is 18.5 Å². The Balaban J connectivity index is 0.00000468. The summed E-state index contributed by atoms with van der Waals surface area (Å²) in [6.07, 6.45) is -0.312. The molecule has 2 fully saturated rings. The summed E-state index contributed by atoms with van der Waals surface area (Å²) in [5.74, 6) is -5.89. The molecular formula is C27H29N7Na2O14S2. The van der Waals surface area contributed by atoms with Gasteiger partial charge >= 0.3 is 83.2 Å². The van der Waals surface area contributed by atoms with Gasteiger partial charge in [0.1, 0.15) is 30.7 Å². The average molecular weight is 786 g/mol. The molecule has 0 aliphatic carbocycles. The van der Waals surface area contributed by atoms with E-state index >= 15 is 0 Å². The van der Waals surface area contributed by atoms with Crippen LogP contribution in [0.25, 0.3) is 0 Å². The zero-order valence-electron chi connectivity index (χ0n) is 28.1. The van der Waals surface area contributed by atoms with Crippen LogP contribution in [0.3, 0.4) is 0 Å². The van der Waals surface area contributed by atoms with Gasteiger partial charge in [-0.25, -0.2) is 32.0 Å². The Morgan fingerprint density at radius 1 is 1.04 bits per heavy atom. The van der Waals surface area contributed by atoms with Gasteiger partial charge in [-0.15, -0.1) is 11.8 Å². The Labute approximate surface area is 343 Å². The van der Waals surface area contributed by atoms with Crippen LogP contribution in [-0.4, -0.2) is 126 Å². The number of nitrogens with zero attached hydrogens (tertiary/aromatic N) is 3. The number of nitrogens with one attached hydrogen (secondary N) is 3. The molecule has 25 heteroatoms. The van der Waals surface area contributed by atoms with E-state index in [4.69, 9.17) is 15.2 Å². The SMILES string of the molecule is CC(=O)OCC1=C(C(=O)[O-])N2C(=O)[C@@H](NC(=O)[C@H](NC(=O)N3CCN(S(C)(=O)=O)C3=O)c3ccc(NC(=O)OC[C@@H](N)C(=O)[O-])cc3)[C@@H]2SC1.[Na+].[Na+]. The van der Waals surface area contributed by atoms with Crippen molar-refractivity contribution in [1.82, 2.24) is 24.7 Å². The van der Waals surface area contributed by atoms with Gasteiger partial charge in [0, 0.05) is 23.9 Å². The van der Waals surface area contributed by atoms with Gasteiger partial charge in [-0.3, -0.25) is 24.6 Å². The number of aliphatic carboxylic acids is 2. The van der Waals surface area contributed by atoms with Gasteiger partial charge in [0.2, 0.25) is 15.9 Å². The second-order valence-electron chi connectivity index (χ2n) is 10.8. The minimum Gasteiger partial charge on any atom is -0.548 e. The van der Waals surface area contributed by atoms with E-state index in [1.54, 1.807) is 0 Å². The van der Waals surface area contributed by atoms with Crippen LogP contribution in [0.2, 0.25) is 0 Å². The number of thioether (sulfide) groups is 1. The number of sulfonamides is 1. The Morgan fingerprint density at radius 3 is 2.21 bits per heavy atom. The molecule has 0 radical (unpaired) electrons. The molecule has 1 aromatic carbocycles. The number of amides is 7. The van der Waals surface area contributed by atoms with Crippen LogP contribution in [0.4, 0.5) is 20.1 Å². The largest absolute Gasteiger partial charge is 1.00 e. The molecule has 4 rings (SSSR count). The molecule has 52 heavy (non-hydrogen) atoms. The van der Waals surface area contributed by atoms with Gasteiger partial charge in [-0.1, -0.05) is 12.1 Å². The Morgan fingerprint density at radius 2 is 1.67 bits per heavy atom. The molecule has 5 N–H and O–H groups in total. The number of nitrogens with two attached hydrogens (primary N) is 1. The molecule has 0 bridgehead atoms. The Bertz CT molecular complexity index is 1780. The minimum atomic E-state index is -4.02. The maximum atomic E-state index is 13.7. The molecule has 0 unspecified atom stereocenters. The molecule has 3 aliphatic rings. The van der Waals surface area contributed by atoms with Crippen molar-refractivity contribution in [2.45, 2.75) is 30.4 Å². The number of carboxylic acid groups (broad SMARTS) is 2. The van der Waals surface area contributed by atoms with Crippen LogP contribution >= 0.6 is 11.8 Å². The maximum Gasteiger partial charge on any atom is 1.00 e. The first-order chi connectivity index (χ1) is 23.4. The van der Waals surface area contributed by atoms with E-state index in [1.165, 1.54) is 24.3 Å². The van der Waals surface area contributed by atoms with Crippen molar-refractivity contribution in [2.75, 3.05) is 43.6 Å². The third-order valence-electron chi connectivity index (χ3n) is 7.32. The first-order valence-corrected chi connectivity index (χ1v) is 17.2. The van der Waals surface area contributed by atoms with Gasteiger partial charge in [-0.2, -0.15) is 0 Å². The van der Waals surface area contributed by atoms with Crippen molar-refractivity contribution in [3.05, 3.63) is 41.1 Å². The zero-order valence-corrected chi connectivity index (χ0v) is 33.7. The summed E-state index contributed by atoms with van der Waals surface area (Å²) in [5.41, 5.74) is 4.95. The molecule has 0 spiro atoms. The number of esters is 1. The van der Waals surface area contributed by atoms with E-state index < -0.39 is 100 Å². The fourth-order valence-electron chi connectivity index (χ4n) is 4.87. The third kappa shape index (κ3) is 10.4. The van der Waals surface area contributed by atoms with Crippen molar-refractivity contribution in [3.8, 4) is 0 Å². The van der Waals surface area contributed by atoms with Crippen LogP contribution in [-0.2, 0) is 43.5 Å². The molecular weight excluding hydrogens is 756 g/mol. The van der Waals surface area contributed by atoms with Crippen LogP contribution in [0.15, 0.2) is 35.5 Å². The van der Waals surface area contributed by atoms with E-state index in [9.17, 15) is 57.0 Å².